The molecule has 3 N–H and O–H groups in total. The topological polar surface area (TPSA) is 113 Å². The second-order valence-electron chi connectivity index (χ2n) is 7.47. The molecule has 0 bridgehead atoms. The van der Waals surface area contributed by atoms with Crippen LogP contribution in [0, 0.1) is 5.92 Å². The fraction of sp³-hybridized carbons (Fsp3) is 0.800. The van der Waals surface area contributed by atoms with Crippen molar-refractivity contribution in [3.8, 4) is 0 Å². The van der Waals surface area contributed by atoms with Gasteiger partial charge in [0.1, 0.15) is 5.60 Å². The first kappa shape index (κ1) is 17.5. The number of likely N-dealkylation sites (tertiary alicyclic amines) is 2. The van der Waals surface area contributed by atoms with Gasteiger partial charge in [-0.1, -0.05) is 0 Å². The number of hydrogen-bond donors (Lipinski definition) is 2. The van der Waals surface area contributed by atoms with Crippen LogP contribution in [-0.2, 0) is 14.3 Å². The summed E-state index contributed by atoms with van der Waals surface area (Å²) >= 11 is 0. The summed E-state index contributed by atoms with van der Waals surface area (Å²) in [6.45, 7) is 7.00. The number of nitrogens with two attached hydrogens (primary N) is 1. The quantitative estimate of drug-likeness (QED) is 0.765. The number of carboxylic acid groups (broad SMARTS) is 1. The number of nitrogens with zero attached hydrogens (tertiary/aromatic N) is 2. The monoisotopic (exact) mass is 327 g/mol. The standard InChI is InChI=1S/C15H25N3O5/c1-14(2,3)23-13(22)17-8-15(9-17,6-11(19)20)18-5-4-10(7-18)12(16)21/h10H,4-9H2,1-3H3,(H2,16,21)(H,19,20). The summed E-state index contributed by atoms with van der Waals surface area (Å²) in [5, 5.41) is 9.21. The van der Waals surface area contributed by atoms with Gasteiger partial charge >= 0.3 is 12.1 Å². The van der Waals surface area contributed by atoms with E-state index in [0.717, 1.165) is 0 Å². The third kappa shape index (κ3) is 3.93. The van der Waals surface area contributed by atoms with Crippen LogP contribution in [0.4, 0.5) is 4.79 Å². The predicted molar refractivity (Wildman–Crippen MR) is 81.7 cm³/mol. The van der Waals surface area contributed by atoms with Crippen LogP contribution in [-0.4, -0.2) is 70.2 Å². The van der Waals surface area contributed by atoms with Gasteiger partial charge in [-0.2, -0.15) is 0 Å². The molecule has 1 unspecified atom stereocenters. The van der Waals surface area contributed by atoms with E-state index in [1.807, 2.05) is 4.90 Å². The summed E-state index contributed by atoms with van der Waals surface area (Å²) < 4.78 is 5.31. The highest BCUT2D eigenvalue weighted by Gasteiger charge is 2.53. The number of primary amides is 1. The lowest BCUT2D eigenvalue weighted by Gasteiger charge is -2.54. The van der Waals surface area contributed by atoms with Gasteiger partial charge in [0, 0.05) is 19.6 Å². The minimum Gasteiger partial charge on any atom is -0.481 e. The number of ether oxygens (including phenoxy) is 1. The lowest BCUT2D eigenvalue weighted by Crippen LogP contribution is -2.71. The third-order valence-corrected chi connectivity index (χ3v) is 4.36. The molecule has 0 aromatic heterocycles. The van der Waals surface area contributed by atoms with Gasteiger partial charge in [-0.05, 0) is 33.7 Å². The highest BCUT2D eigenvalue weighted by atomic mass is 16.6. The van der Waals surface area contributed by atoms with E-state index in [2.05, 4.69) is 0 Å². The highest BCUT2D eigenvalue weighted by Crippen LogP contribution is 2.36. The molecule has 0 aromatic carbocycles. The Morgan fingerprint density at radius 2 is 1.91 bits per heavy atom. The zero-order valence-electron chi connectivity index (χ0n) is 13.9. The van der Waals surface area contributed by atoms with Gasteiger partial charge in [0.2, 0.25) is 5.91 Å². The Morgan fingerprint density at radius 3 is 2.35 bits per heavy atom. The van der Waals surface area contributed by atoms with E-state index in [4.69, 9.17) is 10.5 Å². The number of carbonyl (C=O) groups excluding carboxylic acids is 2. The summed E-state index contributed by atoms with van der Waals surface area (Å²) in [4.78, 5) is 38.1. The second-order valence-corrected chi connectivity index (χ2v) is 7.47. The fourth-order valence-electron chi connectivity index (χ4n) is 3.25. The SMILES string of the molecule is CC(C)(C)OC(=O)N1CC(CC(=O)O)(N2CCC(C(N)=O)C2)C1. The smallest absolute Gasteiger partial charge is 0.410 e. The van der Waals surface area contributed by atoms with Crippen LogP contribution in [0.1, 0.15) is 33.6 Å². The number of carbonyl (C=O) groups is 3. The van der Waals surface area contributed by atoms with Crippen molar-refractivity contribution in [3.05, 3.63) is 0 Å². The second kappa shape index (κ2) is 5.99. The van der Waals surface area contributed by atoms with Gasteiger partial charge in [-0.15, -0.1) is 0 Å². The molecule has 0 spiro atoms. The van der Waals surface area contributed by atoms with Gasteiger partial charge in [-0.3, -0.25) is 14.5 Å². The third-order valence-electron chi connectivity index (χ3n) is 4.36. The normalized spacial score (nSPS) is 24.1. The van der Waals surface area contributed by atoms with Crippen molar-refractivity contribution in [2.75, 3.05) is 26.2 Å². The number of carboxylic acids is 1. The summed E-state index contributed by atoms with van der Waals surface area (Å²) in [6, 6.07) is 0. The molecule has 2 heterocycles. The van der Waals surface area contributed by atoms with Gasteiger partial charge in [-0.25, -0.2) is 4.79 Å². The molecule has 2 aliphatic rings. The molecule has 2 aliphatic heterocycles. The maximum absolute atomic E-state index is 12.1. The van der Waals surface area contributed by atoms with Crippen LogP contribution in [0.5, 0.6) is 0 Å². The first-order valence-corrected chi connectivity index (χ1v) is 7.76. The molecule has 1 atom stereocenters. The Bertz CT molecular complexity index is 508. The lowest BCUT2D eigenvalue weighted by molar-refractivity contribution is -0.145. The van der Waals surface area contributed by atoms with Crippen LogP contribution in [0.25, 0.3) is 0 Å². The fourth-order valence-corrected chi connectivity index (χ4v) is 3.25. The molecule has 0 aromatic rings. The van der Waals surface area contributed by atoms with E-state index in [9.17, 15) is 19.5 Å². The molecule has 2 saturated heterocycles. The molecule has 2 rings (SSSR count). The van der Waals surface area contributed by atoms with E-state index in [-0.39, 0.29) is 18.2 Å². The summed E-state index contributed by atoms with van der Waals surface area (Å²) in [5.41, 5.74) is 4.12. The number of hydrogen-bond acceptors (Lipinski definition) is 5. The molecule has 0 radical (unpaired) electrons. The van der Waals surface area contributed by atoms with E-state index >= 15 is 0 Å². The van der Waals surface area contributed by atoms with Crippen molar-refractivity contribution in [2.45, 2.75) is 44.8 Å². The Hall–Kier alpha value is -1.83. The Labute approximate surface area is 135 Å². The van der Waals surface area contributed by atoms with Gasteiger partial charge < -0.3 is 20.5 Å². The zero-order chi connectivity index (χ0) is 17.4. The summed E-state index contributed by atoms with van der Waals surface area (Å²) in [7, 11) is 0. The maximum atomic E-state index is 12.1. The van der Waals surface area contributed by atoms with Crippen LogP contribution in [0.3, 0.4) is 0 Å². The van der Waals surface area contributed by atoms with Crippen LogP contribution in [0.2, 0.25) is 0 Å². The van der Waals surface area contributed by atoms with E-state index in [0.29, 0.717) is 32.6 Å². The van der Waals surface area contributed by atoms with E-state index < -0.39 is 23.2 Å². The Morgan fingerprint density at radius 1 is 1.30 bits per heavy atom. The molecule has 130 valence electrons. The molecule has 2 amide bonds. The van der Waals surface area contributed by atoms with E-state index in [1.54, 1.807) is 20.8 Å². The van der Waals surface area contributed by atoms with Crippen molar-refractivity contribution in [1.82, 2.24) is 9.80 Å². The minimum atomic E-state index is -0.920. The minimum absolute atomic E-state index is 0.0716. The van der Waals surface area contributed by atoms with Crippen LogP contribution in [0.15, 0.2) is 0 Å². The van der Waals surface area contributed by atoms with Crippen molar-refractivity contribution in [3.63, 3.8) is 0 Å². The first-order valence-electron chi connectivity index (χ1n) is 7.76. The molecular weight excluding hydrogens is 302 g/mol. The van der Waals surface area contributed by atoms with Crippen molar-refractivity contribution < 1.29 is 24.2 Å². The van der Waals surface area contributed by atoms with Gasteiger partial charge in [0.05, 0.1) is 17.9 Å². The van der Waals surface area contributed by atoms with E-state index in [1.165, 1.54) is 4.90 Å². The Balaban J connectivity index is 2.02. The highest BCUT2D eigenvalue weighted by molar-refractivity contribution is 5.77. The van der Waals surface area contributed by atoms with Crippen molar-refractivity contribution in [2.24, 2.45) is 11.7 Å². The van der Waals surface area contributed by atoms with Crippen LogP contribution >= 0.6 is 0 Å². The molecule has 8 nitrogen and oxygen atoms in total. The Kier molecular flexibility index (Phi) is 4.57. The largest absolute Gasteiger partial charge is 0.481 e. The van der Waals surface area contributed by atoms with Crippen molar-refractivity contribution in [1.29, 1.82) is 0 Å². The average molecular weight is 327 g/mol. The molecule has 0 aliphatic carbocycles. The average Bonchev–Trinajstić information content (AvgIpc) is 2.80. The molecular formula is C15H25N3O5. The molecule has 8 heteroatoms. The zero-order valence-corrected chi connectivity index (χ0v) is 13.9. The van der Waals surface area contributed by atoms with Gasteiger partial charge in [0.15, 0.2) is 0 Å². The molecule has 2 fully saturated rings. The lowest BCUT2D eigenvalue weighted by atomic mass is 9.84. The molecule has 0 saturated carbocycles. The predicted octanol–water partition coefficient (Wildman–Crippen LogP) is 0.258. The number of amides is 2. The molecule has 23 heavy (non-hydrogen) atoms. The summed E-state index contributed by atoms with van der Waals surface area (Å²) in [5.74, 6) is -1.53. The summed E-state index contributed by atoms with van der Waals surface area (Å²) in [6.07, 6.45) is 0.116. The maximum Gasteiger partial charge on any atom is 0.410 e. The van der Waals surface area contributed by atoms with Crippen LogP contribution < -0.4 is 5.73 Å². The first-order chi connectivity index (χ1) is 10.5. The van der Waals surface area contributed by atoms with Crippen molar-refractivity contribution >= 4 is 18.0 Å². The number of aliphatic carboxylic acids is 1. The number of rotatable bonds is 4. The van der Waals surface area contributed by atoms with Gasteiger partial charge in [0.25, 0.3) is 0 Å².